The first kappa shape index (κ1) is 14.6. The van der Waals surface area contributed by atoms with Crippen LogP contribution in [0.15, 0.2) is 35.7 Å². The molecule has 5 heteroatoms. The predicted octanol–water partition coefficient (Wildman–Crippen LogP) is 2.89. The van der Waals surface area contributed by atoms with Gasteiger partial charge in [0.1, 0.15) is 0 Å². The van der Waals surface area contributed by atoms with E-state index in [0.29, 0.717) is 23.7 Å². The minimum absolute atomic E-state index is 0.0988. The van der Waals surface area contributed by atoms with Crippen LogP contribution >= 0.6 is 22.9 Å². The summed E-state index contributed by atoms with van der Waals surface area (Å²) in [6, 6.07) is 9.10. The molecule has 2 aromatic rings. The number of thiophene rings is 1. The van der Waals surface area contributed by atoms with Crippen molar-refractivity contribution in [1.29, 1.82) is 0 Å². The molecule has 1 amide bonds. The number of benzene rings is 1. The van der Waals surface area contributed by atoms with E-state index in [2.05, 4.69) is 17.2 Å². The Hall–Kier alpha value is -1.80. The summed E-state index contributed by atoms with van der Waals surface area (Å²) in [7, 11) is 0. The van der Waals surface area contributed by atoms with Crippen molar-refractivity contribution in [2.45, 2.75) is 6.42 Å². The van der Waals surface area contributed by atoms with Gasteiger partial charge in [0.15, 0.2) is 0 Å². The number of nitrogens with two attached hydrogens (primary N) is 1. The van der Waals surface area contributed by atoms with Crippen molar-refractivity contribution in [2.75, 3.05) is 11.9 Å². The number of nitrogens with one attached hydrogen (secondary N) is 1. The largest absolute Gasteiger partial charge is 0.324 e. The van der Waals surface area contributed by atoms with E-state index >= 15 is 0 Å². The fraction of sp³-hybridized carbons (Fsp3) is 0.133. The lowest BCUT2D eigenvalue weighted by Crippen LogP contribution is -2.14. The first-order valence-electron chi connectivity index (χ1n) is 6.00. The Morgan fingerprint density at radius 3 is 2.95 bits per heavy atom. The second kappa shape index (κ2) is 7.11. The monoisotopic (exact) mass is 304 g/mol. The van der Waals surface area contributed by atoms with Crippen LogP contribution in [0, 0.1) is 11.8 Å². The Balaban J connectivity index is 2.09. The van der Waals surface area contributed by atoms with Crippen molar-refractivity contribution in [3.8, 4) is 11.8 Å². The van der Waals surface area contributed by atoms with E-state index in [4.69, 9.17) is 17.3 Å². The van der Waals surface area contributed by atoms with E-state index < -0.39 is 0 Å². The standard InChI is InChI=1S/C15H13ClN2OS/c16-13-6-5-11(3-1-7-17)9-14(13)18-15(19)10-12-4-2-8-20-12/h2,4-6,8-9H,7,10,17H2,(H,18,19). The third-order valence-corrected chi connectivity index (χ3v) is 3.70. The number of carbonyl (C=O) groups excluding carboxylic acids is 1. The number of amides is 1. The quantitative estimate of drug-likeness (QED) is 0.857. The molecule has 0 bridgehead atoms. The van der Waals surface area contributed by atoms with E-state index in [1.54, 1.807) is 29.5 Å². The number of halogens is 1. The Kier molecular flexibility index (Phi) is 5.19. The molecule has 1 aromatic carbocycles. The summed E-state index contributed by atoms with van der Waals surface area (Å²) in [6.45, 7) is 0.294. The molecule has 0 saturated heterocycles. The Morgan fingerprint density at radius 1 is 1.40 bits per heavy atom. The summed E-state index contributed by atoms with van der Waals surface area (Å²) in [5.41, 5.74) is 6.67. The van der Waals surface area contributed by atoms with E-state index in [1.165, 1.54) is 0 Å². The summed E-state index contributed by atoms with van der Waals surface area (Å²) >= 11 is 7.62. The van der Waals surface area contributed by atoms with Crippen molar-refractivity contribution < 1.29 is 4.79 Å². The maximum atomic E-state index is 11.9. The summed E-state index contributed by atoms with van der Waals surface area (Å²) in [5.74, 6) is 5.57. The van der Waals surface area contributed by atoms with Gasteiger partial charge >= 0.3 is 0 Å². The molecule has 20 heavy (non-hydrogen) atoms. The molecule has 0 aliphatic carbocycles. The van der Waals surface area contributed by atoms with Crippen LogP contribution in [0.3, 0.4) is 0 Å². The van der Waals surface area contributed by atoms with Gasteiger partial charge in [-0.3, -0.25) is 4.79 Å². The Labute approximate surface area is 126 Å². The molecular formula is C15H13ClN2OS. The van der Waals surface area contributed by atoms with Gasteiger partial charge in [-0.05, 0) is 29.6 Å². The lowest BCUT2D eigenvalue weighted by Gasteiger charge is -2.07. The van der Waals surface area contributed by atoms with E-state index in [0.717, 1.165) is 10.4 Å². The highest BCUT2D eigenvalue weighted by molar-refractivity contribution is 7.10. The average Bonchev–Trinajstić information content (AvgIpc) is 2.92. The molecule has 3 nitrogen and oxygen atoms in total. The predicted molar refractivity (Wildman–Crippen MR) is 84.0 cm³/mol. The summed E-state index contributed by atoms with van der Waals surface area (Å²) < 4.78 is 0. The van der Waals surface area contributed by atoms with Gasteiger partial charge in [0.05, 0.1) is 23.7 Å². The van der Waals surface area contributed by atoms with Crippen molar-refractivity contribution >= 4 is 34.5 Å². The van der Waals surface area contributed by atoms with Gasteiger partial charge in [-0.2, -0.15) is 0 Å². The van der Waals surface area contributed by atoms with Gasteiger partial charge in [0.25, 0.3) is 0 Å². The van der Waals surface area contributed by atoms with Crippen LogP contribution in [0.1, 0.15) is 10.4 Å². The van der Waals surface area contributed by atoms with Crippen molar-refractivity contribution in [3.05, 3.63) is 51.2 Å². The minimum atomic E-state index is -0.0988. The lowest BCUT2D eigenvalue weighted by atomic mass is 10.2. The van der Waals surface area contributed by atoms with Crippen LogP contribution in [-0.4, -0.2) is 12.5 Å². The van der Waals surface area contributed by atoms with Crippen LogP contribution in [0.4, 0.5) is 5.69 Å². The normalized spacial score (nSPS) is 9.70. The average molecular weight is 305 g/mol. The molecular weight excluding hydrogens is 292 g/mol. The molecule has 0 aliphatic rings. The number of hydrogen-bond acceptors (Lipinski definition) is 3. The molecule has 3 N–H and O–H groups in total. The molecule has 0 radical (unpaired) electrons. The molecule has 0 saturated carbocycles. The molecule has 0 fully saturated rings. The molecule has 0 aliphatic heterocycles. The van der Waals surface area contributed by atoms with Gasteiger partial charge in [0, 0.05) is 10.4 Å². The van der Waals surface area contributed by atoms with Crippen molar-refractivity contribution in [1.82, 2.24) is 0 Å². The van der Waals surface area contributed by atoms with Crippen molar-refractivity contribution in [2.24, 2.45) is 5.73 Å². The third-order valence-electron chi connectivity index (χ3n) is 2.49. The molecule has 0 spiro atoms. The van der Waals surface area contributed by atoms with Crippen LogP contribution in [0.5, 0.6) is 0 Å². The Bertz CT molecular complexity index is 656. The number of anilines is 1. The molecule has 102 valence electrons. The maximum absolute atomic E-state index is 11.9. The maximum Gasteiger partial charge on any atom is 0.229 e. The zero-order chi connectivity index (χ0) is 14.4. The van der Waals surface area contributed by atoms with Gasteiger partial charge in [0.2, 0.25) is 5.91 Å². The minimum Gasteiger partial charge on any atom is -0.324 e. The first-order valence-corrected chi connectivity index (χ1v) is 7.25. The number of rotatable bonds is 3. The second-order valence-electron chi connectivity index (χ2n) is 4.00. The number of carbonyl (C=O) groups is 1. The summed E-state index contributed by atoms with van der Waals surface area (Å²) in [5, 5.41) is 5.23. The van der Waals surface area contributed by atoms with Gasteiger partial charge < -0.3 is 11.1 Å². The fourth-order valence-corrected chi connectivity index (χ4v) is 2.49. The highest BCUT2D eigenvalue weighted by Crippen LogP contribution is 2.23. The fourth-order valence-electron chi connectivity index (χ4n) is 1.62. The molecule has 0 unspecified atom stereocenters. The topological polar surface area (TPSA) is 55.1 Å². The lowest BCUT2D eigenvalue weighted by molar-refractivity contribution is -0.115. The van der Waals surface area contributed by atoms with E-state index in [-0.39, 0.29) is 5.91 Å². The zero-order valence-electron chi connectivity index (χ0n) is 10.7. The summed E-state index contributed by atoms with van der Waals surface area (Å²) in [6.07, 6.45) is 0.340. The third kappa shape index (κ3) is 4.10. The Morgan fingerprint density at radius 2 is 2.25 bits per heavy atom. The van der Waals surface area contributed by atoms with Crippen LogP contribution in [0.2, 0.25) is 5.02 Å². The summed E-state index contributed by atoms with van der Waals surface area (Å²) in [4.78, 5) is 13.0. The molecule has 0 atom stereocenters. The van der Waals surface area contributed by atoms with Crippen LogP contribution in [0.25, 0.3) is 0 Å². The highest BCUT2D eigenvalue weighted by atomic mass is 35.5. The van der Waals surface area contributed by atoms with E-state index in [9.17, 15) is 4.79 Å². The van der Waals surface area contributed by atoms with E-state index in [1.807, 2.05) is 17.5 Å². The molecule has 1 aromatic heterocycles. The van der Waals surface area contributed by atoms with Gasteiger partial charge in [-0.15, -0.1) is 11.3 Å². The molecule has 2 rings (SSSR count). The molecule has 1 heterocycles. The van der Waals surface area contributed by atoms with Crippen LogP contribution < -0.4 is 11.1 Å². The number of hydrogen-bond donors (Lipinski definition) is 2. The second-order valence-corrected chi connectivity index (χ2v) is 5.44. The van der Waals surface area contributed by atoms with Gasteiger partial charge in [-0.1, -0.05) is 29.5 Å². The zero-order valence-corrected chi connectivity index (χ0v) is 12.2. The van der Waals surface area contributed by atoms with Gasteiger partial charge in [-0.25, -0.2) is 0 Å². The highest BCUT2D eigenvalue weighted by Gasteiger charge is 2.08. The van der Waals surface area contributed by atoms with Crippen molar-refractivity contribution in [3.63, 3.8) is 0 Å². The smallest absolute Gasteiger partial charge is 0.229 e. The van der Waals surface area contributed by atoms with Crippen LogP contribution in [-0.2, 0) is 11.2 Å². The first-order chi connectivity index (χ1) is 9.69. The SMILES string of the molecule is NCC#Cc1ccc(Cl)c(NC(=O)Cc2cccs2)c1.